The maximum atomic E-state index is 12.2. The van der Waals surface area contributed by atoms with E-state index in [1.807, 2.05) is 13.8 Å². The summed E-state index contributed by atoms with van der Waals surface area (Å²) in [6.07, 6.45) is 4.25. The average molecular weight is 397 g/mol. The van der Waals surface area contributed by atoms with E-state index in [4.69, 9.17) is 4.74 Å². The molecule has 1 fully saturated rings. The molecule has 0 spiro atoms. The molecule has 8 heteroatoms. The van der Waals surface area contributed by atoms with E-state index >= 15 is 0 Å². The Morgan fingerprint density at radius 1 is 1.15 bits per heavy atom. The maximum absolute atomic E-state index is 12.2. The Hall–Kier alpha value is -1.93. The highest BCUT2D eigenvalue weighted by atomic mass is 32.2. The van der Waals surface area contributed by atoms with Gasteiger partial charge in [0.1, 0.15) is 6.54 Å². The van der Waals surface area contributed by atoms with Crippen molar-refractivity contribution in [1.82, 2.24) is 10.0 Å². The van der Waals surface area contributed by atoms with Crippen molar-refractivity contribution in [3.05, 3.63) is 29.3 Å². The molecule has 27 heavy (non-hydrogen) atoms. The zero-order valence-corrected chi connectivity index (χ0v) is 16.9. The van der Waals surface area contributed by atoms with Crippen LogP contribution in [-0.4, -0.2) is 39.5 Å². The van der Waals surface area contributed by atoms with Gasteiger partial charge in [0.05, 0.1) is 4.90 Å². The molecule has 1 aliphatic rings. The van der Waals surface area contributed by atoms with Crippen molar-refractivity contribution in [3.63, 3.8) is 0 Å². The molecule has 1 aromatic rings. The second-order valence-corrected chi connectivity index (χ2v) is 8.93. The quantitative estimate of drug-likeness (QED) is 0.685. The fraction of sp³-hybridized carbons (Fsp3) is 0.579. The van der Waals surface area contributed by atoms with E-state index in [-0.39, 0.29) is 16.8 Å². The fourth-order valence-corrected chi connectivity index (χ4v) is 4.15. The number of hydrogen-bond acceptors (Lipinski definition) is 5. The highest BCUT2D eigenvalue weighted by Crippen LogP contribution is 2.23. The molecule has 0 saturated heterocycles. The Labute approximate surface area is 160 Å². The average Bonchev–Trinajstić information content (AvgIpc) is 2.62. The number of ether oxygens (including phenoxy) is 1. The van der Waals surface area contributed by atoms with Gasteiger partial charge in [-0.2, -0.15) is 4.72 Å². The summed E-state index contributed by atoms with van der Waals surface area (Å²) in [7, 11) is -3.81. The predicted octanol–water partition coefficient (Wildman–Crippen LogP) is 1.82. The normalized spacial score (nSPS) is 20.1. The van der Waals surface area contributed by atoms with Crippen LogP contribution in [-0.2, 0) is 24.3 Å². The molecule has 7 nitrogen and oxygen atoms in total. The first kappa shape index (κ1) is 21.4. The van der Waals surface area contributed by atoms with Gasteiger partial charge >= 0.3 is 5.97 Å². The summed E-state index contributed by atoms with van der Waals surface area (Å²) < 4.78 is 31.6. The lowest BCUT2D eigenvalue weighted by Crippen LogP contribution is -2.43. The van der Waals surface area contributed by atoms with E-state index in [0.717, 1.165) is 30.4 Å². The van der Waals surface area contributed by atoms with Gasteiger partial charge in [0.2, 0.25) is 10.0 Å². The molecule has 150 valence electrons. The van der Waals surface area contributed by atoms with E-state index in [9.17, 15) is 18.0 Å². The lowest BCUT2D eigenvalue weighted by molar-refractivity contribution is -0.147. The monoisotopic (exact) mass is 396 g/mol. The van der Waals surface area contributed by atoms with E-state index in [1.54, 1.807) is 12.1 Å². The van der Waals surface area contributed by atoms with E-state index in [2.05, 4.69) is 17.0 Å². The summed E-state index contributed by atoms with van der Waals surface area (Å²) in [5.74, 6) is -0.753. The Morgan fingerprint density at radius 2 is 1.85 bits per heavy atom. The predicted molar refractivity (Wildman–Crippen MR) is 102 cm³/mol. The molecule has 0 unspecified atom stereocenters. The van der Waals surface area contributed by atoms with E-state index in [0.29, 0.717) is 5.92 Å². The van der Waals surface area contributed by atoms with Crippen molar-refractivity contribution in [1.29, 1.82) is 0 Å². The molecular weight excluding hydrogens is 368 g/mol. The molecule has 0 aromatic heterocycles. The molecule has 1 aromatic carbocycles. The van der Waals surface area contributed by atoms with Gasteiger partial charge in [-0.05, 0) is 55.9 Å². The van der Waals surface area contributed by atoms with Crippen molar-refractivity contribution >= 4 is 21.9 Å². The summed E-state index contributed by atoms with van der Waals surface area (Å²) in [5, 5.41) is 2.88. The molecule has 0 bridgehead atoms. The number of carbonyl (C=O) groups excluding carboxylic acids is 2. The van der Waals surface area contributed by atoms with Crippen molar-refractivity contribution in [2.75, 3.05) is 13.2 Å². The van der Waals surface area contributed by atoms with Gasteiger partial charge in [-0.25, -0.2) is 8.42 Å². The zero-order chi connectivity index (χ0) is 20.0. The summed E-state index contributed by atoms with van der Waals surface area (Å²) in [4.78, 5) is 23.8. The minimum absolute atomic E-state index is 0.0856. The van der Waals surface area contributed by atoms with Gasteiger partial charge < -0.3 is 10.1 Å². The SMILES string of the molecule is Cc1ccc(S(=O)(=O)NCC(=O)OCC(=O)N[C@H]2CCCC[C@@H]2C)cc1C. The van der Waals surface area contributed by atoms with Gasteiger partial charge in [-0.3, -0.25) is 9.59 Å². The Morgan fingerprint density at radius 3 is 2.52 bits per heavy atom. The Bertz CT molecular complexity index is 791. The van der Waals surface area contributed by atoms with Gasteiger partial charge in [0.15, 0.2) is 6.61 Å². The highest BCUT2D eigenvalue weighted by Gasteiger charge is 2.23. The molecule has 2 N–H and O–H groups in total. The molecule has 0 radical (unpaired) electrons. The van der Waals surface area contributed by atoms with Crippen molar-refractivity contribution < 1.29 is 22.7 Å². The van der Waals surface area contributed by atoms with Crippen LogP contribution in [0.15, 0.2) is 23.1 Å². The fourth-order valence-electron chi connectivity index (χ4n) is 3.09. The van der Waals surface area contributed by atoms with Crippen molar-refractivity contribution in [2.45, 2.75) is 57.4 Å². The summed E-state index contributed by atoms with van der Waals surface area (Å²) in [5.41, 5.74) is 1.82. The molecule has 2 atom stereocenters. The van der Waals surface area contributed by atoms with Crippen LogP contribution >= 0.6 is 0 Å². The molecule has 0 aliphatic heterocycles. The maximum Gasteiger partial charge on any atom is 0.321 e. The zero-order valence-electron chi connectivity index (χ0n) is 16.1. The van der Waals surface area contributed by atoms with Crippen LogP contribution in [0.5, 0.6) is 0 Å². The van der Waals surface area contributed by atoms with Crippen LogP contribution in [0.4, 0.5) is 0 Å². The minimum atomic E-state index is -3.81. The van der Waals surface area contributed by atoms with Crippen LogP contribution < -0.4 is 10.0 Å². The van der Waals surface area contributed by atoms with E-state index < -0.39 is 29.1 Å². The topological polar surface area (TPSA) is 102 Å². The lowest BCUT2D eigenvalue weighted by atomic mass is 9.86. The minimum Gasteiger partial charge on any atom is -0.455 e. The number of nitrogens with one attached hydrogen (secondary N) is 2. The van der Waals surface area contributed by atoms with Crippen LogP contribution in [0.2, 0.25) is 0 Å². The first-order valence-corrected chi connectivity index (χ1v) is 10.7. The van der Waals surface area contributed by atoms with Gasteiger partial charge in [0.25, 0.3) is 5.91 Å². The van der Waals surface area contributed by atoms with Gasteiger partial charge in [-0.15, -0.1) is 0 Å². The molecule has 0 heterocycles. The second-order valence-electron chi connectivity index (χ2n) is 7.17. The van der Waals surface area contributed by atoms with Crippen LogP contribution in [0, 0.1) is 19.8 Å². The van der Waals surface area contributed by atoms with Crippen molar-refractivity contribution in [3.8, 4) is 0 Å². The molecule has 1 saturated carbocycles. The highest BCUT2D eigenvalue weighted by molar-refractivity contribution is 7.89. The summed E-state index contributed by atoms with van der Waals surface area (Å²) >= 11 is 0. The number of sulfonamides is 1. The number of carbonyl (C=O) groups is 2. The third-order valence-corrected chi connectivity index (χ3v) is 6.42. The third kappa shape index (κ3) is 6.32. The Balaban J connectivity index is 1.78. The Kier molecular flexibility index (Phi) is 7.38. The molecular formula is C19H28N2O5S. The smallest absolute Gasteiger partial charge is 0.321 e. The largest absolute Gasteiger partial charge is 0.455 e. The number of amides is 1. The summed E-state index contributed by atoms with van der Waals surface area (Å²) in [6.45, 7) is 4.86. The van der Waals surface area contributed by atoms with Crippen LogP contribution in [0.1, 0.15) is 43.7 Å². The van der Waals surface area contributed by atoms with E-state index in [1.165, 1.54) is 12.5 Å². The number of benzene rings is 1. The second kappa shape index (κ2) is 9.32. The standard InChI is InChI=1S/C19H28N2O5S/c1-13-8-9-16(10-15(13)3)27(24,25)20-11-19(23)26-12-18(22)21-17-7-5-4-6-14(17)2/h8-10,14,17,20H,4-7,11-12H2,1-3H3,(H,21,22)/t14-,17-/m0/s1. The third-order valence-electron chi connectivity index (χ3n) is 5.02. The first-order chi connectivity index (χ1) is 12.7. The van der Waals surface area contributed by atoms with Crippen LogP contribution in [0.25, 0.3) is 0 Å². The van der Waals surface area contributed by atoms with Gasteiger partial charge in [0, 0.05) is 6.04 Å². The number of aryl methyl sites for hydroxylation is 2. The number of hydrogen-bond donors (Lipinski definition) is 2. The van der Waals surface area contributed by atoms with Gasteiger partial charge in [-0.1, -0.05) is 25.8 Å². The first-order valence-electron chi connectivity index (χ1n) is 9.21. The number of esters is 1. The molecule has 1 aliphatic carbocycles. The number of rotatable bonds is 7. The molecule has 2 rings (SSSR count). The lowest BCUT2D eigenvalue weighted by Gasteiger charge is -2.29. The van der Waals surface area contributed by atoms with Crippen LogP contribution in [0.3, 0.4) is 0 Å². The summed E-state index contributed by atoms with van der Waals surface area (Å²) in [6, 6.07) is 4.84. The van der Waals surface area contributed by atoms with Crippen molar-refractivity contribution in [2.24, 2.45) is 5.92 Å². The molecule has 1 amide bonds.